The van der Waals surface area contributed by atoms with E-state index in [4.69, 9.17) is 0 Å². The summed E-state index contributed by atoms with van der Waals surface area (Å²) in [7, 11) is 0. The van der Waals surface area contributed by atoms with Crippen molar-refractivity contribution >= 4 is 10.8 Å². The molecule has 0 fully saturated rings. The van der Waals surface area contributed by atoms with Crippen molar-refractivity contribution < 1.29 is 30.7 Å². The zero-order valence-electron chi connectivity index (χ0n) is 18.4. The Morgan fingerprint density at radius 3 is 2.03 bits per heavy atom. The number of halogens is 7. The van der Waals surface area contributed by atoms with Gasteiger partial charge in [0.1, 0.15) is 23.3 Å². The maximum absolute atomic E-state index is 14.7. The summed E-state index contributed by atoms with van der Waals surface area (Å²) in [5, 5.41) is -0.982. The largest absolute Gasteiger partial charge is 0.206 e. The maximum Gasteiger partial charge on any atom is 0.195 e. The van der Waals surface area contributed by atoms with Crippen molar-refractivity contribution in [2.45, 2.75) is 26.2 Å². The highest BCUT2D eigenvalue weighted by atomic mass is 19.2. The van der Waals surface area contributed by atoms with Gasteiger partial charge in [-0.3, -0.25) is 0 Å². The molecule has 0 saturated carbocycles. The van der Waals surface area contributed by atoms with Gasteiger partial charge in [0.25, 0.3) is 0 Å². The molecule has 0 aromatic heterocycles. The first-order valence-electron chi connectivity index (χ1n) is 10.8. The summed E-state index contributed by atoms with van der Waals surface area (Å²) >= 11 is 0. The van der Waals surface area contributed by atoms with E-state index in [1.165, 1.54) is 24.3 Å². The van der Waals surface area contributed by atoms with Crippen molar-refractivity contribution in [3.8, 4) is 23.0 Å². The van der Waals surface area contributed by atoms with Crippen LogP contribution in [0.15, 0.2) is 48.5 Å². The van der Waals surface area contributed by atoms with E-state index in [1.807, 2.05) is 6.92 Å². The van der Waals surface area contributed by atoms with E-state index in [0.29, 0.717) is 18.1 Å². The van der Waals surface area contributed by atoms with Gasteiger partial charge in [0, 0.05) is 5.56 Å². The van der Waals surface area contributed by atoms with Crippen LogP contribution in [0.5, 0.6) is 0 Å². The number of aryl methyl sites for hydroxylation is 1. The monoisotopic (exact) mass is 486 g/mol. The molecule has 0 aliphatic heterocycles. The molecule has 0 nitrogen and oxygen atoms in total. The van der Waals surface area contributed by atoms with Crippen molar-refractivity contribution in [2.75, 3.05) is 0 Å². The zero-order chi connectivity index (χ0) is 25.3. The standard InChI is InChI=1S/C28H17F7/c1-2-3-4-15-10-21(30)25(22(31)11-15)18-8-7-17(20(29)13-18)6-5-16-9-19-14-24(33)27(34)28(35)26(19)23(32)12-16/h7-14H,2-4H2,1H3. The van der Waals surface area contributed by atoms with Crippen molar-refractivity contribution in [1.82, 2.24) is 0 Å². The molecule has 0 spiro atoms. The molecular formula is C28H17F7. The second-order valence-corrected chi connectivity index (χ2v) is 8.03. The van der Waals surface area contributed by atoms with Gasteiger partial charge in [0.05, 0.1) is 16.5 Å². The van der Waals surface area contributed by atoms with Gasteiger partial charge in [-0.1, -0.05) is 31.3 Å². The van der Waals surface area contributed by atoms with Gasteiger partial charge in [-0.2, -0.15) is 0 Å². The van der Waals surface area contributed by atoms with Gasteiger partial charge >= 0.3 is 0 Å². The SMILES string of the molecule is CCCCc1cc(F)c(-c2ccc(C#Cc3cc(F)c4c(F)c(F)c(F)cc4c3)c(F)c2)c(F)c1. The summed E-state index contributed by atoms with van der Waals surface area (Å²) in [5.41, 5.74) is -0.0558. The number of rotatable bonds is 4. The van der Waals surface area contributed by atoms with E-state index in [0.717, 1.165) is 31.0 Å². The van der Waals surface area contributed by atoms with Crippen molar-refractivity contribution in [1.29, 1.82) is 0 Å². The van der Waals surface area contributed by atoms with Crippen molar-refractivity contribution in [3.05, 3.63) is 106 Å². The quantitative estimate of drug-likeness (QED) is 0.155. The minimum Gasteiger partial charge on any atom is -0.206 e. The lowest BCUT2D eigenvalue weighted by Crippen LogP contribution is -1.96. The smallest absolute Gasteiger partial charge is 0.195 e. The molecule has 4 aromatic carbocycles. The lowest BCUT2D eigenvalue weighted by molar-refractivity contribution is 0.451. The Labute approximate surface area is 197 Å². The van der Waals surface area contributed by atoms with Crippen molar-refractivity contribution in [3.63, 3.8) is 0 Å². The number of fused-ring (bicyclic) bond motifs is 1. The van der Waals surface area contributed by atoms with Crippen LogP contribution >= 0.6 is 0 Å². The van der Waals surface area contributed by atoms with Crippen LogP contribution < -0.4 is 0 Å². The second kappa shape index (κ2) is 9.83. The Bertz CT molecular complexity index is 1490. The van der Waals surface area contributed by atoms with E-state index in [-0.39, 0.29) is 27.6 Å². The van der Waals surface area contributed by atoms with Gasteiger partial charge in [0.15, 0.2) is 17.5 Å². The molecular weight excluding hydrogens is 469 g/mol. The second-order valence-electron chi connectivity index (χ2n) is 8.03. The fourth-order valence-corrected chi connectivity index (χ4v) is 3.80. The molecule has 7 heteroatoms. The van der Waals surface area contributed by atoms with Crippen LogP contribution in [-0.4, -0.2) is 0 Å². The molecule has 0 N–H and O–H groups in total. The lowest BCUT2D eigenvalue weighted by atomic mass is 9.99. The summed E-state index contributed by atoms with van der Waals surface area (Å²) in [5.74, 6) is -3.64. The van der Waals surface area contributed by atoms with E-state index in [1.54, 1.807) is 0 Å². The van der Waals surface area contributed by atoms with Crippen LogP contribution in [0.2, 0.25) is 0 Å². The molecule has 35 heavy (non-hydrogen) atoms. The molecule has 0 saturated heterocycles. The highest BCUT2D eigenvalue weighted by Gasteiger charge is 2.18. The summed E-state index contributed by atoms with van der Waals surface area (Å²) < 4.78 is 98.9. The van der Waals surface area contributed by atoms with Crippen LogP contribution in [0.1, 0.15) is 36.5 Å². The van der Waals surface area contributed by atoms with Crippen molar-refractivity contribution in [2.24, 2.45) is 0 Å². The fraction of sp³-hybridized carbons (Fsp3) is 0.143. The van der Waals surface area contributed by atoms with Crippen LogP contribution in [0.25, 0.3) is 21.9 Å². The predicted octanol–water partition coefficient (Wildman–Crippen LogP) is 8.22. The predicted molar refractivity (Wildman–Crippen MR) is 120 cm³/mol. The number of benzene rings is 4. The van der Waals surface area contributed by atoms with E-state index in [2.05, 4.69) is 11.8 Å². The van der Waals surface area contributed by atoms with Crippen LogP contribution in [-0.2, 0) is 6.42 Å². The summed E-state index contributed by atoms with van der Waals surface area (Å²) in [6.45, 7) is 1.96. The Morgan fingerprint density at radius 1 is 0.657 bits per heavy atom. The minimum absolute atomic E-state index is 0.0187. The average Bonchev–Trinajstić information content (AvgIpc) is 2.80. The molecule has 0 aliphatic carbocycles. The fourth-order valence-electron chi connectivity index (χ4n) is 3.80. The number of unbranched alkanes of at least 4 members (excludes halogenated alkanes) is 1. The third-order valence-corrected chi connectivity index (χ3v) is 5.55. The highest BCUT2D eigenvalue weighted by molar-refractivity contribution is 5.85. The van der Waals surface area contributed by atoms with E-state index in [9.17, 15) is 30.7 Å². The average molecular weight is 486 g/mol. The molecule has 0 heterocycles. The Hall–Kier alpha value is -3.79. The molecule has 0 unspecified atom stereocenters. The number of hydrogen-bond acceptors (Lipinski definition) is 0. The normalized spacial score (nSPS) is 11.0. The van der Waals surface area contributed by atoms with E-state index >= 15 is 0 Å². The lowest BCUT2D eigenvalue weighted by Gasteiger charge is -2.09. The van der Waals surface area contributed by atoms with E-state index < -0.39 is 46.1 Å². The molecule has 4 aromatic rings. The topological polar surface area (TPSA) is 0 Å². The zero-order valence-corrected chi connectivity index (χ0v) is 18.4. The summed E-state index contributed by atoms with van der Waals surface area (Å²) in [6, 6.07) is 8.49. The Kier molecular flexibility index (Phi) is 6.83. The van der Waals surface area contributed by atoms with Crippen LogP contribution in [0.4, 0.5) is 30.7 Å². The minimum atomic E-state index is -1.79. The van der Waals surface area contributed by atoms with Gasteiger partial charge < -0.3 is 0 Å². The maximum atomic E-state index is 14.7. The van der Waals surface area contributed by atoms with Crippen LogP contribution in [0, 0.1) is 52.6 Å². The molecule has 178 valence electrons. The Balaban J connectivity index is 1.67. The van der Waals surface area contributed by atoms with Gasteiger partial charge in [-0.25, -0.2) is 30.7 Å². The van der Waals surface area contributed by atoms with Crippen LogP contribution in [0.3, 0.4) is 0 Å². The molecule has 4 rings (SSSR count). The first-order valence-corrected chi connectivity index (χ1v) is 10.8. The van der Waals surface area contributed by atoms with Gasteiger partial charge in [-0.05, 0) is 71.8 Å². The third kappa shape index (κ3) is 4.88. The molecule has 0 bridgehead atoms. The molecule has 0 amide bonds. The molecule has 0 aliphatic rings. The van der Waals surface area contributed by atoms with Gasteiger partial charge in [-0.15, -0.1) is 0 Å². The first kappa shape index (κ1) is 24.3. The third-order valence-electron chi connectivity index (χ3n) is 5.55. The summed E-state index contributed by atoms with van der Waals surface area (Å²) in [6.07, 6.45) is 2.18. The summed E-state index contributed by atoms with van der Waals surface area (Å²) in [4.78, 5) is 0. The highest BCUT2D eigenvalue weighted by Crippen LogP contribution is 2.30. The molecule has 0 atom stereocenters. The Morgan fingerprint density at radius 2 is 1.37 bits per heavy atom. The molecule has 0 radical (unpaired) electrons. The van der Waals surface area contributed by atoms with Gasteiger partial charge in [0.2, 0.25) is 0 Å². The first-order chi connectivity index (χ1) is 16.7. The number of hydrogen-bond donors (Lipinski definition) is 0.